The van der Waals surface area contributed by atoms with Gasteiger partial charge in [0.15, 0.2) is 0 Å². The number of hydrogen-bond donors (Lipinski definition) is 1. The third kappa shape index (κ3) is 3.05. The minimum absolute atomic E-state index is 0.1000. The number of rotatable bonds is 4. The van der Waals surface area contributed by atoms with E-state index in [0.717, 1.165) is 18.8 Å². The smallest absolute Gasteiger partial charge is 0.0928 e. The second-order valence-electron chi connectivity index (χ2n) is 4.93. The van der Waals surface area contributed by atoms with Gasteiger partial charge in [-0.05, 0) is 31.1 Å². The van der Waals surface area contributed by atoms with E-state index >= 15 is 0 Å². The maximum absolute atomic E-state index is 10.0. The van der Waals surface area contributed by atoms with E-state index in [0.29, 0.717) is 5.92 Å². The van der Waals surface area contributed by atoms with Crippen molar-refractivity contribution in [2.45, 2.75) is 51.6 Å². The minimum atomic E-state index is -0.1000. The van der Waals surface area contributed by atoms with E-state index in [1.54, 1.807) is 11.3 Å². The maximum atomic E-state index is 10.0. The van der Waals surface area contributed by atoms with Crippen LogP contribution < -0.4 is 0 Å². The van der Waals surface area contributed by atoms with E-state index in [9.17, 15) is 5.11 Å². The van der Waals surface area contributed by atoms with Gasteiger partial charge >= 0.3 is 0 Å². The fourth-order valence-corrected chi connectivity index (χ4v) is 3.52. The van der Waals surface area contributed by atoms with Crippen molar-refractivity contribution in [3.05, 3.63) is 16.6 Å². The summed E-state index contributed by atoms with van der Waals surface area (Å²) in [6.45, 7) is 2.25. The van der Waals surface area contributed by atoms with E-state index in [2.05, 4.69) is 11.9 Å². The number of aromatic nitrogens is 1. The molecule has 2 nitrogen and oxygen atoms in total. The summed E-state index contributed by atoms with van der Waals surface area (Å²) in [5.41, 5.74) is 0. The minimum Gasteiger partial charge on any atom is -0.393 e. The Morgan fingerprint density at radius 3 is 3.06 bits per heavy atom. The van der Waals surface area contributed by atoms with Gasteiger partial charge in [-0.15, -0.1) is 11.3 Å². The first kappa shape index (κ1) is 12.1. The van der Waals surface area contributed by atoms with E-state index < -0.39 is 0 Å². The zero-order valence-corrected chi connectivity index (χ0v) is 10.7. The van der Waals surface area contributed by atoms with Crippen molar-refractivity contribution in [3.63, 3.8) is 0 Å². The molecule has 1 aliphatic rings. The summed E-state index contributed by atoms with van der Waals surface area (Å²) < 4.78 is 0. The molecule has 3 unspecified atom stereocenters. The number of nitrogens with zero attached hydrogens (tertiary/aromatic N) is 1. The second kappa shape index (κ2) is 5.78. The molecule has 3 atom stereocenters. The first-order valence-corrected chi connectivity index (χ1v) is 7.24. The second-order valence-corrected chi connectivity index (χ2v) is 5.90. The number of hydrogen-bond acceptors (Lipinski definition) is 3. The highest BCUT2D eigenvalue weighted by Gasteiger charge is 2.29. The number of aliphatic hydroxyl groups excluding tert-OH is 1. The van der Waals surface area contributed by atoms with Crippen LogP contribution in [0.2, 0.25) is 0 Å². The lowest BCUT2D eigenvalue weighted by Crippen LogP contribution is -2.30. The lowest BCUT2D eigenvalue weighted by molar-refractivity contribution is 0.0462. The van der Waals surface area contributed by atoms with Gasteiger partial charge in [0.25, 0.3) is 0 Å². The third-order valence-corrected chi connectivity index (χ3v) is 4.47. The van der Waals surface area contributed by atoms with Gasteiger partial charge in [0.05, 0.1) is 11.1 Å². The molecule has 0 amide bonds. The molecule has 0 spiro atoms. The molecule has 1 fully saturated rings. The molecule has 1 aliphatic carbocycles. The van der Waals surface area contributed by atoms with Crippen LogP contribution in [0.3, 0.4) is 0 Å². The monoisotopic (exact) mass is 239 g/mol. The third-order valence-electron chi connectivity index (χ3n) is 3.67. The summed E-state index contributed by atoms with van der Waals surface area (Å²) >= 11 is 1.71. The predicted octanol–water partition coefficient (Wildman–Crippen LogP) is 3.26. The lowest BCUT2D eigenvalue weighted by Gasteiger charge is -2.32. The standard InChI is InChI=1S/C13H21NOS/c1-2-3-10-4-5-12(15)11(8-10)9-13-14-6-7-16-13/h6-7,10-12,15H,2-5,8-9H2,1H3. The molecule has 0 radical (unpaired) electrons. The van der Waals surface area contributed by atoms with Crippen LogP contribution in [-0.4, -0.2) is 16.2 Å². The molecule has 1 aromatic heterocycles. The normalized spacial score (nSPS) is 30.5. The Morgan fingerprint density at radius 2 is 2.38 bits per heavy atom. The Labute approximate surface area is 102 Å². The fourth-order valence-electron chi connectivity index (χ4n) is 2.81. The molecule has 2 rings (SSSR count). The molecular formula is C13H21NOS. The summed E-state index contributed by atoms with van der Waals surface area (Å²) in [6, 6.07) is 0. The van der Waals surface area contributed by atoms with Crippen molar-refractivity contribution >= 4 is 11.3 Å². The predicted molar refractivity (Wildman–Crippen MR) is 67.6 cm³/mol. The Kier molecular flexibility index (Phi) is 4.36. The van der Waals surface area contributed by atoms with Gasteiger partial charge < -0.3 is 5.11 Å². The number of thiazole rings is 1. The van der Waals surface area contributed by atoms with Crippen LogP contribution in [0, 0.1) is 11.8 Å². The highest BCUT2D eigenvalue weighted by atomic mass is 32.1. The molecule has 0 aromatic carbocycles. The van der Waals surface area contributed by atoms with Gasteiger partial charge in [-0.2, -0.15) is 0 Å². The Balaban J connectivity index is 1.91. The van der Waals surface area contributed by atoms with Gasteiger partial charge in [0.1, 0.15) is 0 Å². The van der Waals surface area contributed by atoms with E-state index in [4.69, 9.17) is 0 Å². The van der Waals surface area contributed by atoms with Crippen molar-refractivity contribution in [1.29, 1.82) is 0 Å². The fraction of sp³-hybridized carbons (Fsp3) is 0.769. The van der Waals surface area contributed by atoms with Crippen LogP contribution in [0.4, 0.5) is 0 Å². The summed E-state index contributed by atoms with van der Waals surface area (Å²) in [7, 11) is 0. The molecule has 0 aliphatic heterocycles. The Hall–Kier alpha value is -0.410. The zero-order chi connectivity index (χ0) is 11.4. The average molecular weight is 239 g/mol. The van der Waals surface area contributed by atoms with Crippen LogP contribution >= 0.6 is 11.3 Å². The summed E-state index contributed by atoms with van der Waals surface area (Å²) in [6.07, 6.45) is 8.71. The van der Waals surface area contributed by atoms with Crippen molar-refractivity contribution in [3.8, 4) is 0 Å². The van der Waals surface area contributed by atoms with Crippen LogP contribution in [0.5, 0.6) is 0 Å². The molecule has 0 bridgehead atoms. The zero-order valence-electron chi connectivity index (χ0n) is 9.93. The average Bonchev–Trinajstić information content (AvgIpc) is 2.76. The van der Waals surface area contributed by atoms with Crippen LogP contribution in [0.1, 0.15) is 44.0 Å². The van der Waals surface area contributed by atoms with Gasteiger partial charge in [-0.25, -0.2) is 4.98 Å². The van der Waals surface area contributed by atoms with Gasteiger partial charge in [0.2, 0.25) is 0 Å². The summed E-state index contributed by atoms with van der Waals surface area (Å²) in [5, 5.41) is 13.2. The quantitative estimate of drug-likeness (QED) is 0.875. The van der Waals surface area contributed by atoms with Gasteiger partial charge in [-0.3, -0.25) is 0 Å². The lowest BCUT2D eigenvalue weighted by atomic mass is 9.76. The highest BCUT2D eigenvalue weighted by Crippen LogP contribution is 2.34. The van der Waals surface area contributed by atoms with Crippen molar-refractivity contribution in [1.82, 2.24) is 4.98 Å². The van der Waals surface area contributed by atoms with Crippen LogP contribution in [-0.2, 0) is 6.42 Å². The first-order valence-electron chi connectivity index (χ1n) is 6.36. The Morgan fingerprint density at radius 1 is 1.50 bits per heavy atom. The van der Waals surface area contributed by atoms with E-state index in [-0.39, 0.29) is 6.10 Å². The van der Waals surface area contributed by atoms with Crippen molar-refractivity contribution < 1.29 is 5.11 Å². The Bertz CT molecular complexity index is 299. The van der Waals surface area contributed by atoms with Gasteiger partial charge in [-0.1, -0.05) is 19.8 Å². The molecule has 0 saturated heterocycles. The molecular weight excluding hydrogens is 218 g/mol. The van der Waals surface area contributed by atoms with Crippen LogP contribution in [0.25, 0.3) is 0 Å². The van der Waals surface area contributed by atoms with Crippen LogP contribution in [0.15, 0.2) is 11.6 Å². The number of aliphatic hydroxyl groups is 1. The molecule has 1 saturated carbocycles. The largest absolute Gasteiger partial charge is 0.393 e. The summed E-state index contributed by atoms with van der Waals surface area (Å²) in [5.74, 6) is 1.27. The maximum Gasteiger partial charge on any atom is 0.0928 e. The van der Waals surface area contributed by atoms with Gasteiger partial charge in [0, 0.05) is 18.0 Å². The van der Waals surface area contributed by atoms with E-state index in [1.807, 2.05) is 11.6 Å². The first-order chi connectivity index (χ1) is 7.79. The molecule has 90 valence electrons. The summed E-state index contributed by atoms with van der Waals surface area (Å²) in [4.78, 5) is 4.32. The molecule has 1 heterocycles. The molecule has 16 heavy (non-hydrogen) atoms. The molecule has 1 N–H and O–H groups in total. The van der Waals surface area contributed by atoms with E-state index in [1.165, 1.54) is 30.7 Å². The molecule has 3 heteroatoms. The van der Waals surface area contributed by atoms with Crippen molar-refractivity contribution in [2.75, 3.05) is 0 Å². The molecule has 1 aromatic rings. The topological polar surface area (TPSA) is 33.1 Å². The van der Waals surface area contributed by atoms with Crippen molar-refractivity contribution in [2.24, 2.45) is 11.8 Å². The highest BCUT2D eigenvalue weighted by molar-refractivity contribution is 7.09. The SMILES string of the molecule is CCCC1CCC(O)C(Cc2nccs2)C1.